The Morgan fingerprint density at radius 2 is 1.44 bits per heavy atom. The maximum absolute atomic E-state index is 13.0. The maximum atomic E-state index is 13.0. The summed E-state index contributed by atoms with van der Waals surface area (Å²) in [6.07, 6.45) is 3.52. The number of halogens is 1. The number of hydrogen-bond acceptors (Lipinski definition) is 6. The van der Waals surface area contributed by atoms with Crippen LogP contribution >= 0.6 is 0 Å². The summed E-state index contributed by atoms with van der Waals surface area (Å²) >= 11 is 0. The Balaban J connectivity index is 1.42. The van der Waals surface area contributed by atoms with Crippen LogP contribution in [0.1, 0.15) is 0 Å². The van der Waals surface area contributed by atoms with Crippen molar-refractivity contribution in [2.75, 3.05) is 36.0 Å². The van der Waals surface area contributed by atoms with Gasteiger partial charge >= 0.3 is 0 Å². The Bertz CT molecular complexity index is 814. The fraction of sp³-hybridized carbons (Fsp3) is 0.222. The van der Waals surface area contributed by atoms with Crippen LogP contribution in [0.25, 0.3) is 11.3 Å². The monoisotopic (exact) mass is 336 g/mol. The van der Waals surface area contributed by atoms with Gasteiger partial charge in [0, 0.05) is 44.1 Å². The van der Waals surface area contributed by atoms with Crippen molar-refractivity contribution in [1.29, 1.82) is 0 Å². The zero-order valence-corrected chi connectivity index (χ0v) is 13.6. The zero-order valence-electron chi connectivity index (χ0n) is 13.6. The van der Waals surface area contributed by atoms with E-state index in [4.69, 9.17) is 0 Å². The van der Waals surface area contributed by atoms with Crippen molar-refractivity contribution >= 4 is 11.8 Å². The van der Waals surface area contributed by atoms with Crippen LogP contribution < -0.4 is 9.80 Å². The molecule has 0 radical (unpaired) electrons. The van der Waals surface area contributed by atoms with Gasteiger partial charge in [-0.3, -0.25) is 0 Å². The summed E-state index contributed by atoms with van der Waals surface area (Å²) in [5, 5.41) is 8.61. The lowest BCUT2D eigenvalue weighted by Gasteiger charge is -2.35. The first-order valence-electron chi connectivity index (χ1n) is 8.16. The van der Waals surface area contributed by atoms with Crippen molar-refractivity contribution in [2.45, 2.75) is 0 Å². The van der Waals surface area contributed by atoms with Crippen molar-refractivity contribution in [1.82, 2.24) is 20.2 Å². The lowest BCUT2D eigenvalue weighted by atomic mass is 10.1. The van der Waals surface area contributed by atoms with Gasteiger partial charge in [-0.05, 0) is 42.5 Å². The normalized spacial score (nSPS) is 14.6. The molecule has 0 saturated carbocycles. The van der Waals surface area contributed by atoms with Gasteiger partial charge in [-0.2, -0.15) is 0 Å². The van der Waals surface area contributed by atoms with E-state index < -0.39 is 0 Å². The Morgan fingerprint density at radius 1 is 0.760 bits per heavy atom. The number of anilines is 2. The molecule has 1 saturated heterocycles. The minimum absolute atomic E-state index is 0.256. The smallest absolute Gasteiger partial charge is 0.225 e. The highest BCUT2D eigenvalue weighted by Gasteiger charge is 2.20. The molecule has 4 rings (SSSR count). The van der Waals surface area contributed by atoms with E-state index in [2.05, 4.69) is 30.0 Å². The van der Waals surface area contributed by atoms with Crippen LogP contribution in [-0.2, 0) is 0 Å². The second-order valence-corrected chi connectivity index (χ2v) is 5.81. The van der Waals surface area contributed by atoms with Crippen LogP contribution in [-0.4, -0.2) is 46.3 Å². The SMILES string of the molecule is Fc1ccc(-c2ccc(N3CCN(c4ncccn4)CC3)nn2)cc1. The lowest BCUT2D eigenvalue weighted by molar-refractivity contribution is 0.628. The summed E-state index contributed by atoms with van der Waals surface area (Å²) in [6.45, 7) is 3.35. The van der Waals surface area contributed by atoms with Crippen LogP contribution in [0, 0.1) is 5.82 Å². The van der Waals surface area contributed by atoms with Gasteiger partial charge < -0.3 is 9.80 Å². The number of rotatable bonds is 3. The fourth-order valence-electron chi connectivity index (χ4n) is 2.86. The third-order valence-corrected chi connectivity index (χ3v) is 4.23. The van der Waals surface area contributed by atoms with Crippen LogP contribution in [0.2, 0.25) is 0 Å². The van der Waals surface area contributed by atoms with Crippen molar-refractivity contribution in [2.24, 2.45) is 0 Å². The zero-order chi connectivity index (χ0) is 17.1. The Hall–Kier alpha value is -3.09. The molecule has 3 heterocycles. The van der Waals surface area contributed by atoms with E-state index in [0.29, 0.717) is 0 Å². The molecule has 1 aromatic carbocycles. The van der Waals surface area contributed by atoms with Crippen molar-refractivity contribution in [3.8, 4) is 11.3 Å². The number of piperazine rings is 1. The first kappa shape index (κ1) is 15.4. The number of benzene rings is 1. The molecule has 0 unspecified atom stereocenters. The van der Waals surface area contributed by atoms with Crippen LogP contribution in [0.5, 0.6) is 0 Å². The summed E-state index contributed by atoms with van der Waals surface area (Å²) < 4.78 is 13.0. The van der Waals surface area contributed by atoms with Crippen molar-refractivity contribution < 1.29 is 4.39 Å². The summed E-state index contributed by atoms with van der Waals surface area (Å²) in [5.41, 5.74) is 1.59. The highest BCUT2D eigenvalue weighted by Crippen LogP contribution is 2.20. The largest absolute Gasteiger partial charge is 0.352 e. The predicted octanol–water partition coefficient (Wildman–Crippen LogP) is 2.40. The average molecular weight is 336 g/mol. The fourth-order valence-corrected chi connectivity index (χ4v) is 2.86. The summed E-state index contributed by atoms with van der Waals surface area (Å²) in [4.78, 5) is 12.9. The molecule has 1 aliphatic heterocycles. The van der Waals surface area contributed by atoms with Gasteiger partial charge in [0.15, 0.2) is 5.82 Å². The molecule has 6 nitrogen and oxygen atoms in total. The van der Waals surface area contributed by atoms with Crippen LogP contribution in [0.15, 0.2) is 54.9 Å². The molecule has 0 atom stereocenters. The van der Waals surface area contributed by atoms with E-state index in [-0.39, 0.29) is 5.82 Å². The standard InChI is InChI=1S/C18H17FN6/c19-15-4-2-14(3-5-15)16-6-7-17(23-22-16)24-10-12-25(13-11-24)18-20-8-1-9-21-18/h1-9H,10-13H2. The van der Waals surface area contributed by atoms with E-state index in [0.717, 1.165) is 49.2 Å². The van der Waals surface area contributed by atoms with Gasteiger partial charge in [-0.25, -0.2) is 14.4 Å². The highest BCUT2D eigenvalue weighted by atomic mass is 19.1. The van der Waals surface area contributed by atoms with E-state index in [1.807, 2.05) is 18.2 Å². The van der Waals surface area contributed by atoms with Gasteiger partial charge in [-0.1, -0.05) is 0 Å². The molecule has 7 heteroatoms. The quantitative estimate of drug-likeness (QED) is 0.732. The summed E-state index contributed by atoms with van der Waals surface area (Å²) in [7, 11) is 0. The number of hydrogen-bond donors (Lipinski definition) is 0. The second-order valence-electron chi connectivity index (χ2n) is 5.81. The molecule has 0 bridgehead atoms. The maximum Gasteiger partial charge on any atom is 0.225 e. The lowest BCUT2D eigenvalue weighted by Crippen LogP contribution is -2.47. The predicted molar refractivity (Wildman–Crippen MR) is 93.9 cm³/mol. The van der Waals surface area contributed by atoms with Gasteiger partial charge in [0.1, 0.15) is 5.82 Å². The molecule has 1 aliphatic rings. The van der Waals surface area contributed by atoms with Gasteiger partial charge in [0.25, 0.3) is 0 Å². The molecule has 2 aromatic heterocycles. The molecule has 25 heavy (non-hydrogen) atoms. The van der Waals surface area contributed by atoms with Gasteiger partial charge in [0.2, 0.25) is 5.95 Å². The molecular formula is C18H17FN6. The molecule has 0 N–H and O–H groups in total. The first-order chi connectivity index (χ1) is 12.3. The molecule has 0 amide bonds. The molecule has 3 aromatic rings. The number of aromatic nitrogens is 4. The highest BCUT2D eigenvalue weighted by molar-refractivity contribution is 5.59. The molecule has 0 aliphatic carbocycles. The van der Waals surface area contributed by atoms with Gasteiger partial charge in [-0.15, -0.1) is 10.2 Å². The minimum atomic E-state index is -0.256. The van der Waals surface area contributed by atoms with E-state index in [1.54, 1.807) is 24.5 Å². The van der Waals surface area contributed by atoms with Crippen molar-refractivity contribution in [3.05, 3.63) is 60.7 Å². The third-order valence-electron chi connectivity index (χ3n) is 4.23. The molecular weight excluding hydrogens is 319 g/mol. The second kappa shape index (κ2) is 6.80. The average Bonchev–Trinajstić information content (AvgIpc) is 2.70. The third kappa shape index (κ3) is 3.40. The summed E-state index contributed by atoms with van der Waals surface area (Å²) in [5.74, 6) is 1.35. The molecule has 0 spiro atoms. The number of nitrogens with zero attached hydrogens (tertiary/aromatic N) is 6. The molecule has 1 fully saturated rings. The Labute approximate surface area is 145 Å². The van der Waals surface area contributed by atoms with Crippen molar-refractivity contribution in [3.63, 3.8) is 0 Å². The van der Waals surface area contributed by atoms with Gasteiger partial charge in [0.05, 0.1) is 5.69 Å². The van der Waals surface area contributed by atoms with E-state index in [1.165, 1.54) is 12.1 Å². The summed E-state index contributed by atoms with van der Waals surface area (Å²) in [6, 6.07) is 12.0. The van der Waals surface area contributed by atoms with Crippen LogP contribution in [0.4, 0.5) is 16.2 Å². The Morgan fingerprint density at radius 3 is 2.08 bits per heavy atom. The minimum Gasteiger partial charge on any atom is -0.352 e. The molecule has 126 valence electrons. The first-order valence-corrected chi connectivity index (χ1v) is 8.16. The van der Waals surface area contributed by atoms with Crippen LogP contribution in [0.3, 0.4) is 0 Å². The van der Waals surface area contributed by atoms with E-state index in [9.17, 15) is 4.39 Å². The topological polar surface area (TPSA) is 58.0 Å². The Kier molecular flexibility index (Phi) is 4.20. The van der Waals surface area contributed by atoms with E-state index >= 15 is 0 Å².